The molecule has 0 amide bonds. The van der Waals surface area contributed by atoms with Gasteiger partial charge in [-0.1, -0.05) is 56.5 Å². The van der Waals surface area contributed by atoms with Gasteiger partial charge in [-0.3, -0.25) is 0 Å². The van der Waals surface area contributed by atoms with Gasteiger partial charge >= 0.3 is 0 Å². The average Bonchev–Trinajstić information content (AvgIpc) is 2.48. The SMILES string of the molecule is CCCCC1CCC(CCl)(Cc2ccccc2)CC1. The minimum absolute atomic E-state index is 0.367. The van der Waals surface area contributed by atoms with Crippen LogP contribution < -0.4 is 0 Å². The Morgan fingerprint density at radius 1 is 1.16 bits per heavy atom. The van der Waals surface area contributed by atoms with Crippen LogP contribution >= 0.6 is 11.6 Å². The third-order valence-electron chi connectivity index (χ3n) is 4.84. The van der Waals surface area contributed by atoms with Gasteiger partial charge in [-0.25, -0.2) is 0 Å². The highest BCUT2D eigenvalue weighted by Crippen LogP contribution is 2.43. The van der Waals surface area contributed by atoms with E-state index in [-0.39, 0.29) is 0 Å². The van der Waals surface area contributed by atoms with Crippen molar-refractivity contribution in [1.29, 1.82) is 0 Å². The van der Waals surface area contributed by atoms with Crippen LogP contribution in [0.2, 0.25) is 0 Å². The monoisotopic (exact) mass is 278 g/mol. The summed E-state index contributed by atoms with van der Waals surface area (Å²) in [6, 6.07) is 10.9. The Morgan fingerprint density at radius 3 is 2.42 bits per heavy atom. The first-order valence-electron chi connectivity index (χ1n) is 7.88. The van der Waals surface area contributed by atoms with Gasteiger partial charge in [-0.15, -0.1) is 11.6 Å². The number of unbranched alkanes of at least 4 members (excludes halogenated alkanes) is 1. The van der Waals surface area contributed by atoms with E-state index in [9.17, 15) is 0 Å². The topological polar surface area (TPSA) is 0 Å². The Bertz CT molecular complexity index is 349. The summed E-state index contributed by atoms with van der Waals surface area (Å²) < 4.78 is 0. The zero-order valence-corrected chi connectivity index (χ0v) is 13.0. The Morgan fingerprint density at radius 2 is 1.84 bits per heavy atom. The lowest BCUT2D eigenvalue weighted by Crippen LogP contribution is -2.31. The van der Waals surface area contributed by atoms with Gasteiger partial charge in [0.25, 0.3) is 0 Å². The molecule has 19 heavy (non-hydrogen) atoms. The van der Waals surface area contributed by atoms with Crippen LogP contribution in [0.25, 0.3) is 0 Å². The first kappa shape index (κ1) is 14.9. The van der Waals surface area contributed by atoms with Crippen molar-refractivity contribution in [2.75, 3.05) is 5.88 Å². The summed E-state index contributed by atoms with van der Waals surface area (Å²) in [6.07, 6.45) is 10.7. The predicted molar refractivity (Wildman–Crippen MR) is 84.8 cm³/mol. The predicted octanol–water partition coefficient (Wildman–Crippen LogP) is 5.83. The second kappa shape index (κ2) is 7.33. The third kappa shape index (κ3) is 4.24. The van der Waals surface area contributed by atoms with Crippen molar-refractivity contribution in [1.82, 2.24) is 0 Å². The molecular weight excluding hydrogens is 252 g/mol. The molecular formula is C18H27Cl. The second-order valence-corrected chi connectivity index (χ2v) is 6.65. The van der Waals surface area contributed by atoms with Gasteiger partial charge in [-0.2, -0.15) is 0 Å². The van der Waals surface area contributed by atoms with Crippen molar-refractivity contribution in [2.45, 2.75) is 58.3 Å². The Labute approximate surface area is 123 Å². The summed E-state index contributed by atoms with van der Waals surface area (Å²) in [6.45, 7) is 2.29. The minimum atomic E-state index is 0.367. The second-order valence-electron chi connectivity index (χ2n) is 6.38. The molecule has 0 aromatic heterocycles. The largest absolute Gasteiger partial charge is 0.126 e. The molecule has 1 saturated carbocycles. The van der Waals surface area contributed by atoms with Crippen LogP contribution in [0.3, 0.4) is 0 Å². The van der Waals surface area contributed by atoms with Crippen molar-refractivity contribution in [3.8, 4) is 0 Å². The van der Waals surface area contributed by atoms with Crippen LogP contribution in [0.5, 0.6) is 0 Å². The van der Waals surface area contributed by atoms with Gasteiger partial charge in [0.15, 0.2) is 0 Å². The fraction of sp³-hybridized carbons (Fsp3) is 0.667. The standard InChI is InChI=1S/C18H27Cl/c1-2-3-7-16-10-12-18(15-19,13-11-16)14-17-8-5-4-6-9-17/h4-6,8-9,16H,2-3,7,10-15H2,1H3. The van der Waals surface area contributed by atoms with Crippen molar-refractivity contribution in [2.24, 2.45) is 11.3 Å². The molecule has 0 N–H and O–H groups in total. The Hall–Kier alpha value is -0.490. The molecule has 0 atom stereocenters. The van der Waals surface area contributed by atoms with Gasteiger partial charge in [0.05, 0.1) is 0 Å². The minimum Gasteiger partial charge on any atom is -0.126 e. The molecule has 2 rings (SSSR count). The van der Waals surface area contributed by atoms with E-state index < -0.39 is 0 Å². The maximum absolute atomic E-state index is 6.34. The van der Waals surface area contributed by atoms with E-state index in [1.165, 1.54) is 50.5 Å². The fourth-order valence-corrected chi connectivity index (χ4v) is 3.82. The lowest BCUT2D eigenvalue weighted by atomic mass is 9.68. The molecule has 0 aliphatic heterocycles. The number of hydrogen-bond donors (Lipinski definition) is 0. The first-order valence-corrected chi connectivity index (χ1v) is 8.41. The molecule has 0 radical (unpaired) electrons. The van der Waals surface area contributed by atoms with Crippen LogP contribution in [0.1, 0.15) is 57.4 Å². The normalized spacial score (nSPS) is 27.4. The van der Waals surface area contributed by atoms with Crippen LogP contribution in [0.4, 0.5) is 0 Å². The number of rotatable bonds is 6. The highest BCUT2D eigenvalue weighted by Gasteiger charge is 2.34. The van der Waals surface area contributed by atoms with Crippen molar-refractivity contribution < 1.29 is 0 Å². The molecule has 0 saturated heterocycles. The molecule has 1 fully saturated rings. The number of benzene rings is 1. The molecule has 0 heterocycles. The number of hydrogen-bond acceptors (Lipinski definition) is 0. The molecule has 0 unspecified atom stereocenters. The molecule has 106 valence electrons. The van der Waals surface area contributed by atoms with E-state index >= 15 is 0 Å². The van der Waals surface area contributed by atoms with E-state index in [1.54, 1.807) is 0 Å². The fourth-order valence-electron chi connectivity index (χ4n) is 3.46. The molecule has 1 aromatic carbocycles. The van der Waals surface area contributed by atoms with E-state index in [0.29, 0.717) is 5.41 Å². The van der Waals surface area contributed by atoms with Crippen LogP contribution in [-0.2, 0) is 6.42 Å². The van der Waals surface area contributed by atoms with E-state index in [0.717, 1.165) is 18.2 Å². The zero-order chi connectivity index (χ0) is 13.6. The smallest absolute Gasteiger partial charge is 0.0283 e. The van der Waals surface area contributed by atoms with Gasteiger partial charge in [-0.05, 0) is 49.0 Å². The summed E-state index contributed by atoms with van der Waals surface area (Å²) in [7, 11) is 0. The highest BCUT2D eigenvalue weighted by atomic mass is 35.5. The molecule has 1 aliphatic carbocycles. The van der Waals surface area contributed by atoms with Crippen molar-refractivity contribution >= 4 is 11.6 Å². The summed E-state index contributed by atoms with van der Waals surface area (Å²) in [5.74, 6) is 1.79. The Kier molecular flexibility index (Phi) is 5.76. The molecule has 0 bridgehead atoms. The molecule has 1 aliphatic rings. The van der Waals surface area contributed by atoms with E-state index in [4.69, 9.17) is 11.6 Å². The van der Waals surface area contributed by atoms with Gasteiger partial charge < -0.3 is 0 Å². The highest BCUT2D eigenvalue weighted by molar-refractivity contribution is 6.18. The molecule has 1 aromatic rings. The molecule has 0 spiro atoms. The van der Waals surface area contributed by atoms with Crippen LogP contribution in [0.15, 0.2) is 30.3 Å². The van der Waals surface area contributed by atoms with Gasteiger partial charge in [0, 0.05) is 5.88 Å². The summed E-state index contributed by atoms with van der Waals surface area (Å²) in [5.41, 5.74) is 1.82. The Balaban J connectivity index is 1.90. The van der Waals surface area contributed by atoms with Crippen LogP contribution in [0, 0.1) is 11.3 Å². The molecule has 0 nitrogen and oxygen atoms in total. The zero-order valence-electron chi connectivity index (χ0n) is 12.2. The first-order chi connectivity index (χ1) is 9.28. The lowest BCUT2D eigenvalue weighted by molar-refractivity contribution is 0.166. The summed E-state index contributed by atoms with van der Waals surface area (Å²) >= 11 is 6.34. The third-order valence-corrected chi connectivity index (χ3v) is 5.40. The van der Waals surface area contributed by atoms with Crippen molar-refractivity contribution in [3.63, 3.8) is 0 Å². The van der Waals surface area contributed by atoms with Gasteiger partial charge in [0.1, 0.15) is 0 Å². The maximum atomic E-state index is 6.34. The quantitative estimate of drug-likeness (QED) is 0.574. The maximum Gasteiger partial charge on any atom is 0.0283 e. The van der Waals surface area contributed by atoms with Crippen molar-refractivity contribution in [3.05, 3.63) is 35.9 Å². The summed E-state index contributed by atoms with van der Waals surface area (Å²) in [4.78, 5) is 0. The van der Waals surface area contributed by atoms with Crippen LogP contribution in [-0.4, -0.2) is 5.88 Å². The average molecular weight is 279 g/mol. The van der Waals surface area contributed by atoms with E-state index in [1.807, 2.05) is 0 Å². The number of halogens is 1. The summed E-state index contributed by atoms with van der Waals surface area (Å²) in [5, 5.41) is 0. The molecule has 1 heteroatoms. The van der Waals surface area contributed by atoms with Gasteiger partial charge in [0.2, 0.25) is 0 Å². The lowest BCUT2D eigenvalue weighted by Gasteiger charge is -2.39. The van der Waals surface area contributed by atoms with E-state index in [2.05, 4.69) is 37.3 Å². The number of alkyl halides is 1.